The number of nitrogens with one attached hydrogen (secondary N) is 1. The highest BCUT2D eigenvalue weighted by atomic mass is 16.5. The van der Waals surface area contributed by atoms with Crippen LogP contribution in [0.25, 0.3) is 0 Å². The third kappa shape index (κ3) is 2.34. The summed E-state index contributed by atoms with van der Waals surface area (Å²) in [6.45, 7) is 3.59. The summed E-state index contributed by atoms with van der Waals surface area (Å²) in [5.74, 6) is 0.463. The molecule has 2 amide bonds. The van der Waals surface area contributed by atoms with Crippen LogP contribution in [0.3, 0.4) is 0 Å². The van der Waals surface area contributed by atoms with Crippen LogP contribution in [-0.2, 0) is 11.2 Å². The maximum absolute atomic E-state index is 12.6. The second kappa shape index (κ2) is 5.49. The molecule has 0 aromatic heterocycles. The largest absolute Gasteiger partial charge is 0.396 e. The zero-order valence-corrected chi connectivity index (χ0v) is 13.5. The van der Waals surface area contributed by atoms with E-state index in [2.05, 4.69) is 12.2 Å². The van der Waals surface area contributed by atoms with Crippen molar-refractivity contribution in [2.24, 2.45) is 11.8 Å². The van der Waals surface area contributed by atoms with E-state index in [0.29, 0.717) is 13.1 Å². The van der Waals surface area contributed by atoms with Crippen molar-refractivity contribution in [2.45, 2.75) is 37.9 Å². The maximum atomic E-state index is 12.6. The Morgan fingerprint density at radius 1 is 1.43 bits per heavy atom. The molecule has 3 heterocycles. The van der Waals surface area contributed by atoms with Crippen molar-refractivity contribution >= 4 is 11.7 Å². The monoisotopic (exact) mass is 316 g/mol. The molecular weight excluding hydrogens is 292 g/mol. The minimum atomic E-state index is -0.207. The van der Waals surface area contributed by atoms with Gasteiger partial charge in [0.15, 0.2) is 0 Å². The Labute approximate surface area is 136 Å². The van der Waals surface area contributed by atoms with Gasteiger partial charge in [-0.2, -0.15) is 0 Å². The molecule has 2 bridgehead atoms. The highest BCUT2D eigenvalue weighted by Gasteiger charge is 2.63. The molecule has 5 heteroatoms. The molecule has 1 aromatic rings. The average Bonchev–Trinajstić information content (AvgIpc) is 3.22. The van der Waals surface area contributed by atoms with Crippen LogP contribution in [0.5, 0.6) is 0 Å². The van der Waals surface area contributed by atoms with Crippen molar-refractivity contribution in [3.63, 3.8) is 0 Å². The van der Waals surface area contributed by atoms with Crippen LogP contribution in [0.1, 0.15) is 25.3 Å². The summed E-state index contributed by atoms with van der Waals surface area (Å²) in [6, 6.07) is 7.91. The smallest absolute Gasteiger partial charge is 0.321 e. The van der Waals surface area contributed by atoms with E-state index < -0.39 is 0 Å². The number of anilines is 1. The Morgan fingerprint density at radius 2 is 2.22 bits per heavy atom. The molecule has 1 aromatic carbocycles. The standard InChI is InChI=1S/C18H24N2O3/c1-2-12-3-5-13(6-4-12)19-17(22)20-9-15-14(10-21)16-7-8-18(15,11-20)23-16/h3-6,14-16,21H,2,7-11H2,1H3,(H,19,22)/t14-,15+,16+,18+/m0/s1. The number of benzene rings is 1. The summed E-state index contributed by atoms with van der Waals surface area (Å²) < 4.78 is 6.17. The van der Waals surface area contributed by atoms with Gasteiger partial charge in [0.05, 0.1) is 18.2 Å². The van der Waals surface area contributed by atoms with Crippen LogP contribution in [0, 0.1) is 11.8 Å². The van der Waals surface area contributed by atoms with Gasteiger partial charge in [-0.1, -0.05) is 19.1 Å². The minimum Gasteiger partial charge on any atom is -0.396 e. The SMILES string of the molecule is CCc1ccc(NC(=O)N2C[C@@H]3[C@H](CO)[C@H]4CC[C@]3(C2)O4)cc1. The summed E-state index contributed by atoms with van der Waals surface area (Å²) in [5, 5.41) is 12.6. The Balaban J connectivity index is 1.44. The number of carbonyl (C=O) groups excluding carboxylic acids is 1. The summed E-state index contributed by atoms with van der Waals surface area (Å²) in [4.78, 5) is 14.4. The van der Waals surface area contributed by atoms with E-state index in [4.69, 9.17) is 4.74 Å². The van der Waals surface area contributed by atoms with E-state index in [-0.39, 0.29) is 36.2 Å². The molecule has 3 saturated heterocycles. The predicted molar refractivity (Wildman–Crippen MR) is 87.3 cm³/mol. The van der Waals surface area contributed by atoms with Crippen LogP contribution in [0.15, 0.2) is 24.3 Å². The number of amides is 2. The number of urea groups is 1. The number of hydrogen-bond donors (Lipinski definition) is 2. The quantitative estimate of drug-likeness (QED) is 0.899. The van der Waals surface area contributed by atoms with Gasteiger partial charge in [0.1, 0.15) is 0 Å². The molecule has 0 aliphatic carbocycles. The lowest BCUT2D eigenvalue weighted by molar-refractivity contribution is 0.00434. The fraction of sp³-hybridized carbons (Fsp3) is 0.611. The van der Waals surface area contributed by atoms with Gasteiger partial charge in [0, 0.05) is 30.7 Å². The van der Waals surface area contributed by atoms with Gasteiger partial charge in [0.25, 0.3) is 0 Å². The Kier molecular flexibility index (Phi) is 3.58. The van der Waals surface area contributed by atoms with Gasteiger partial charge in [0.2, 0.25) is 0 Å². The van der Waals surface area contributed by atoms with Gasteiger partial charge in [-0.3, -0.25) is 0 Å². The van der Waals surface area contributed by atoms with Crippen molar-refractivity contribution in [3.8, 4) is 0 Å². The first-order chi connectivity index (χ1) is 11.1. The van der Waals surface area contributed by atoms with Crippen LogP contribution in [0.4, 0.5) is 10.5 Å². The third-order valence-electron chi connectivity index (χ3n) is 5.90. The van der Waals surface area contributed by atoms with Crippen molar-refractivity contribution in [1.82, 2.24) is 4.90 Å². The average molecular weight is 316 g/mol. The second-order valence-corrected chi connectivity index (χ2v) is 7.07. The zero-order valence-electron chi connectivity index (χ0n) is 13.5. The summed E-state index contributed by atoms with van der Waals surface area (Å²) >= 11 is 0. The van der Waals surface area contributed by atoms with Crippen LogP contribution in [0.2, 0.25) is 0 Å². The van der Waals surface area contributed by atoms with E-state index in [1.54, 1.807) is 0 Å². The van der Waals surface area contributed by atoms with Crippen molar-refractivity contribution < 1.29 is 14.6 Å². The van der Waals surface area contributed by atoms with Gasteiger partial charge in [-0.05, 0) is 37.0 Å². The molecule has 0 saturated carbocycles. The first-order valence-corrected chi connectivity index (χ1v) is 8.59. The maximum Gasteiger partial charge on any atom is 0.321 e. The number of likely N-dealkylation sites (tertiary alicyclic amines) is 1. The normalized spacial score (nSPS) is 34.7. The first-order valence-electron chi connectivity index (χ1n) is 8.59. The van der Waals surface area contributed by atoms with Gasteiger partial charge < -0.3 is 20.1 Å². The Morgan fingerprint density at radius 3 is 2.91 bits per heavy atom. The number of aryl methyl sites for hydroxylation is 1. The number of carbonyl (C=O) groups is 1. The fourth-order valence-electron chi connectivity index (χ4n) is 4.62. The molecule has 4 atom stereocenters. The number of hydrogen-bond acceptors (Lipinski definition) is 3. The highest BCUT2D eigenvalue weighted by molar-refractivity contribution is 5.89. The summed E-state index contributed by atoms with van der Waals surface area (Å²) in [6.07, 6.45) is 3.20. The lowest BCUT2D eigenvalue weighted by atomic mass is 9.74. The lowest BCUT2D eigenvalue weighted by Gasteiger charge is -2.27. The second-order valence-electron chi connectivity index (χ2n) is 7.07. The number of aliphatic hydroxyl groups excluding tert-OH is 1. The van der Waals surface area contributed by atoms with E-state index in [1.165, 1.54) is 5.56 Å². The Bertz CT molecular complexity index is 603. The summed E-state index contributed by atoms with van der Waals surface area (Å²) in [7, 11) is 0. The molecule has 23 heavy (non-hydrogen) atoms. The number of nitrogens with zero attached hydrogens (tertiary/aromatic N) is 1. The third-order valence-corrected chi connectivity index (χ3v) is 5.90. The zero-order chi connectivity index (χ0) is 16.0. The van der Waals surface area contributed by atoms with Crippen molar-refractivity contribution in [1.29, 1.82) is 0 Å². The van der Waals surface area contributed by atoms with E-state index in [9.17, 15) is 9.90 Å². The van der Waals surface area contributed by atoms with Crippen molar-refractivity contribution in [3.05, 3.63) is 29.8 Å². The first kappa shape index (κ1) is 15.0. The van der Waals surface area contributed by atoms with Crippen LogP contribution >= 0.6 is 0 Å². The molecule has 3 aliphatic heterocycles. The minimum absolute atomic E-state index is 0.0678. The number of rotatable bonds is 3. The van der Waals surface area contributed by atoms with E-state index in [0.717, 1.165) is 24.9 Å². The summed E-state index contributed by atoms with van der Waals surface area (Å²) in [5.41, 5.74) is 1.88. The molecule has 3 aliphatic rings. The molecule has 5 nitrogen and oxygen atoms in total. The number of ether oxygens (including phenoxy) is 1. The molecule has 124 valence electrons. The lowest BCUT2D eigenvalue weighted by Crippen LogP contribution is -2.38. The van der Waals surface area contributed by atoms with Crippen LogP contribution < -0.4 is 5.32 Å². The molecule has 2 N–H and O–H groups in total. The number of fused-ring (bicyclic) bond motifs is 1. The Hall–Kier alpha value is -1.59. The van der Waals surface area contributed by atoms with Crippen molar-refractivity contribution in [2.75, 3.05) is 25.0 Å². The molecule has 3 fully saturated rings. The van der Waals surface area contributed by atoms with E-state index in [1.807, 2.05) is 29.2 Å². The van der Waals surface area contributed by atoms with Gasteiger partial charge in [-0.25, -0.2) is 4.79 Å². The molecule has 0 unspecified atom stereocenters. The molecular formula is C18H24N2O3. The topological polar surface area (TPSA) is 61.8 Å². The number of aliphatic hydroxyl groups is 1. The molecule has 1 spiro atoms. The highest BCUT2D eigenvalue weighted by Crippen LogP contribution is 2.54. The molecule has 0 radical (unpaired) electrons. The molecule has 4 rings (SSSR count). The predicted octanol–water partition coefficient (Wildman–Crippen LogP) is 2.25. The van der Waals surface area contributed by atoms with Crippen LogP contribution in [-0.4, -0.2) is 47.4 Å². The van der Waals surface area contributed by atoms with Gasteiger partial charge in [-0.15, -0.1) is 0 Å². The fourth-order valence-corrected chi connectivity index (χ4v) is 4.62. The van der Waals surface area contributed by atoms with E-state index >= 15 is 0 Å². The van der Waals surface area contributed by atoms with Gasteiger partial charge >= 0.3 is 6.03 Å².